The highest BCUT2D eigenvalue weighted by Crippen LogP contribution is 2.30. The third kappa shape index (κ3) is 3.41. The molecule has 3 unspecified atom stereocenters. The number of oxazole rings is 1. The van der Waals surface area contributed by atoms with E-state index < -0.39 is 0 Å². The minimum Gasteiger partial charge on any atom is -0.445 e. The SMILES string of the molecule is Cc1cnc(CNC2CCCCC2C2CCCCN2)o1. The van der Waals surface area contributed by atoms with E-state index in [4.69, 9.17) is 4.42 Å². The van der Waals surface area contributed by atoms with Gasteiger partial charge in [0.1, 0.15) is 5.76 Å². The van der Waals surface area contributed by atoms with Crippen molar-refractivity contribution in [3.8, 4) is 0 Å². The molecule has 0 amide bonds. The molecule has 0 radical (unpaired) electrons. The van der Waals surface area contributed by atoms with Gasteiger partial charge in [0.25, 0.3) is 0 Å². The van der Waals surface area contributed by atoms with Crippen molar-refractivity contribution in [3.63, 3.8) is 0 Å². The monoisotopic (exact) mass is 277 g/mol. The molecule has 1 aliphatic carbocycles. The smallest absolute Gasteiger partial charge is 0.208 e. The van der Waals surface area contributed by atoms with E-state index >= 15 is 0 Å². The van der Waals surface area contributed by atoms with E-state index in [1.165, 1.54) is 51.5 Å². The van der Waals surface area contributed by atoms with Crippen LogP contribution in [0.1, 0.15) is 56.6 Å². The Morgan fingerprint density at radius 3 is 2.85 bits per heavy atom. The molecular weight excluding hydrogens is 250 g/mol. The van der Waals surface area contributed by atoms with E-state index in [-0.39, 0.29) is 0 Å². The van der Waals surface area contributed by atoms with Crippen LogP contribution in [-0.2, 0) is 6.54 Å². The van der Waals surface area contributed by atoms with Gasteiger partial charge < -0.3 is 15.1 Å². The Hall–Kier alpha value is -0.870. The minimum atomic E-state index is 0.617. The molecule has 0 bridgehead atoms. The lowest BCUT2D eigenvalue weighted by Gasteiger charge is -2.39. The quantitative estimate of drug-likeness (QED) is 0.888. The first kappa shape index (κ1) is 14.1. The number of piperidine rings is 1. The molecule has 2 fully saturated rings. The maximum Gasteiger partial charge on any atom is 0.208 e. The van der Waals surface area contributed by atoms with Crippen molar-refractivity contribution in [2.24, 2.45) is 5.92 Å². The van der Waals surface area contributed by atoms with E-state index in [0.29, 0.717) is 12.1 Å². The second-order valence-electron chi connectivity index (χ2n) is 6.36. The summed E-state index contributed by atoms with van der Waals surface area (Å²) in [6, 6.07) is 1.33. The lowest BCUT2D eigenvalue weighted by atomic mass is 9.77. The minimum absolute atomic E-state index is 0.617. The fraction of sp³-hybridized carbons (Fsp3) is 0.812. The zero-order valence-corrected chi connectivity index (χ0v) is 12.5. The summed E-state index contributed by atoms with van der Waals surface area (Å²) in [6.45, 7) is 3.92. The van der Waals surface area contributed by atoms with Crippen LogP contribution < -0.4 is 10.6 Å². The molecule has 2 heterocycles. The van der Waals surface area contributed by atoms with Crippen molar-refractivity contribution in [1.29, 1.82) is 0 Å². The van der Waals surface area contributed by atoms with Gasteiger partial charge in [0.2, 0.25) is 5.89 Å². The molecule has 4 heteroatoms. The molecule has 4 nitrogen and oxygen atoms in total. The van der Waals surface area contributed by atoms with Gasteiger partial charge >= 0.3 is 0 Å². The lowest BCUT2D eigenvalue weighted by molar-refractivity contribution is 0.178. The van der Waals surface area contributed by atoms with Crippen LogP contribution in [0, 0.1) is 12.8 Å². The van der Waals surface area contributed by atoms with E-state index in [1.807, 2.05) is 6.92 Å². The molecule has 112 valence electrons. The van der Waals surface area contributed by atoms with Crippen LogP contribution >= 0.6 is 0 Å². The molecule has 0 aromatic carbocycles. The normalized spacial score (nSPS) is 31.4. The first-order valence-electron chi connectivity index (χ1n) is 8.21. The van der Waals surface area contributed by atoms with Gasteiger partial charge in [-0.1, -0.05) is 19.3 Å². The van der Waals surface area contributed by atoms with Crippen LogP contribution in [0.5, 0.6) is 0 Å². The second kappa shape index (κ2) is 6.72. The molecule has 1 aromatic heterocycles. The van der Waals surface area contributed by atoms with Gasteiger partial charge in [0, 0.05) is 12.1 Å². The number of aryl methyl sites for hydroxylation is 1. The Morgan fingerprint density at radius 1 is 1.25 bits per heavy atom. The van der Waals surface area contributed by atoms with Crippen LogP contribution in [-0.4, -0.2) is 23.6 Å². The van der Waals surface area contributed by atoms with Crippen molar-refractivity contribution in [3.05, 3.63) is 17.8 Å². The molecular formula is C16H27N3O. The maximum absolute atomic E-state index is 5.57. The van der Waals surface area contributed by atoms with E-state index in [1.54, 1.807) is 6.20 Å². The van der Waals surface area contributed by atoms with Crippen molar-refractivity contribution in [1.82, 2.24) is 15.6 Å². The Labute approximate surface area is 121 Å². The average Bonchev–Trinajstić information content (AvgIpc) is 2.92. The highest BCUT2D eigenvalue weighted by atomic mass is 16.4. The summed E-state index contributed by atoms with van der Waals surface area (Å²) in [5.41, 5.74) is 0. The highest BCUT2D eigenvalue weighted by Gasteiger charge is 2.32. The molecule has 0 spiro atoms. The summed E-state index contributed by atoms with van der Waals surface area (Å²) in [5, 5.41) is 7.44. The van der Waals surface area contributed by atoms with Crippen molar-refractivity contribution < 1.29 is 4.42 Å². The van der Waals surface area contributed by atoms with Crippen molar-refractivity contribution in [2.45, 2.75) is 70.5 Å². The summed E-state index contributed by atoms with van der Waals surface area (Å²) >= 11 is 0. The first-order chi connectivity index (χ1) is 9.83. The number of nitrogens with one attached hydrogen (secondary N) is 2. The van der Waals surface area contributed by atoms with Gasteiger partial charge in [-0.25, -0.2) is 4.98 Å². The predicted octanol–water partition coefficient (Wildman–Crippen LogP) is 2.77. The van der Waals surface area contributed by atoms with Crippen molar-refractivity contribution in [2.75, 3.05) is 6.54 Å². The Bertz CT molecular complexity index is 412. The highest BCUT2D eigenvalue weighted by molar-refractivity contribution is 4.94. The maximum atomic E-state index is 5.57. The van der Waals surface area contributed by atoms with Gasteiger partial charge in [-0.05, 0) is 45.1 Å². The van der Waals surface area contributed by atoms with Crippen LogP contribution in [0.25, 0.3) is 0 Å². The molecule has 1 aliphatic heterocycles. The molecule has 2 aliphatic rings. The largest absolute Gasteiger partial charge is 0.445 e. The van der Waals surface area contributed by atoms with Crippen LogP contribution in [0.3, 0.4) is 0 Å². The third-order valence-corrected chi connectivity index (χ3v) is 4.87. The van der Waals surface area contributed by atoms with E-state index in [0.717, 1.165) is 24.1 Å². The van der Waals surface area contributed by atoms with Gasteiger partial charge in [0.05, 0.1) is 12.7 Å². The molecule has 1 saturated carbocycles. The predicted molar refractivity (Wildman–Crippen MR) is 79.5 cm³/mol. The topological polar surface area (TPSA) is 50.1 Å². The zero-order chi connectivity index (χ0) is 13.8. The van der Waals surface area contributed by atoms with Gasteiger partial charge in [-0.3, -0.25) is 0 Å². The third-order valence-electron chi connectivity index (χ3n) is 4.87. The average molecular weight is 277 g/mol. The zero-order valence-electron chi connectivity index (χ0n) is 12.5. The summed E-state index contributed by atoms with van der Waals surface area (Å²) in [6.07, 6.45) is 11.3. The van der Waals surface area contributed by atoms with Crippen LogP contribution in [0.4, 0.5) is 0 Å². The second-order valence-corrected chi connectivity index (χ2v) is 6.36. The molecule has 2 N–H and O–H groups in total. The molecule has 1 aromatic rings. The summed E-state index contributed by atoms with van der Waals surface area (Å²) < 4.78 is 5.57. The summed E-state index contributed by atoms with van der Waals surface area (Å²) in [5.74, 6) is 2.50. The Kier molecular flexibility index (Phi) is 4.73. The number of hydrogen-bond donors (Lipinski definition) is 2. The number of aromatic nitrogens is 1. The summed E-state index contributed by atoms with van der Waals surface area (Å²) in [4.78, 5) is 4.29. The molecule has 3 atom stereocenters. The lowest BCUT2D eigenvalue weighted by Crippen LogP contribution is -2.50. The van der Waals surface area contributed by atoms with Crippen LogP contribution in [0.2, 0.25) is 0 Å². The summed E-state index contributed by atoms with van der Waals surface area (Å²) in [7, 11) is 0. The van der Waals surface area contributed by atoms with E-state index in [9.17, 15) is 0 Å². The van der Waals surface area contributed by atoms with Gasteiger partial charge in [-0.15, -0.1) is 0 Å². The van der Waals surface area contributed by atoms with Crippen molar-refractivity contribution >= 4 is 0 Å². The van der Waals surface area contributed by atoms with E-state index in [2.05, 4.69) is 15.6 Å². The van der Waals surface area contributed by atoms with Gasteiger partial charge in [0.15, 0.2) is 0 Å². The fourth-order valence-corrected chi connectivity index (χ4v) is 3.84. The number of rotatable bonds is 4. The standard InChI is InChI=1S/C16H27N3O/c1-12-10-19-16(20-12)11-18-15-7-3-2-6-13(15)14-8-4-5-9-17-14/h10,13-15,17-18H,2-9,11H2,1H3. The Balaban J connectivity index is 1.57. The fourth-order valence-electron chi connectivity index (χ4n) is 3.84. The Morgan fingerprint density at radius 2 is 2.10 bits per heavy atom. The molecule has 20 heavy (non-hydrogen) atoms. The number of hydrogen-bond acceptors (Lipinski definition) is 4. The molecule has 1 saturated heterocycles. The first-order valence-corrected chi connectivity index (χ1v) is 8.21. The molecule has 3 rings (SSSR count). The number of nitrogens with zero attached hydrogens (tertiary/aromatic N) is 1. The van der Waals surface area contributed by atoms with Crippen LogP contribution in [0.15, 0.2) is 10.6 Å². The van der Waals surface area contributed by atoms with Gasteiger partial charge in [-0.2, -0.15) is 0 Å².